The van der Waals surface area contributed by atoms with E-state index in [1.807, 2.05) is 20.8 Å². The van der Waals surface area contributed by atoms with Crippen LogP contribution in [-0.4, -0.2) is 54.5 Å². The molecule has 1 saturated heterocycles. The van der Waals surface area contributed by atoms with E-state index in [1.54, 1.807) is 9.80 Å². The highest BCUT2D eigenvalue weighted by Crippen LogP contribution is 2.18. The van der Waals surface area contributed by atoms with Crippen molar-refractivity contribution in [2.24, 2.45) is 5.41 Å². The minimum Gasteiger partial charge on any atom is -0.337 e. The van der Waals surface area contributed by atoms with Crippen LogP contribution in [0.5, 0.6) is 0 Å². The molecule has 0 radical (unpaired) electrons. The van der Waals surface area contributed by atoms with Crippen LogP contribution in [0.15, 0.2) is 18.2 Å². The highest BCUT2D eigenvalue weighted by molar-refractivity contribution is 6.31. The molecular weight excluding hydrogens is 333 g/mol. The third kappa shape index (κ3) is 4.84. The molecule has 0 aliphatic carbocycles. The summed E-state index contributed by atoms with van der Waals surface area (Å²) < 4.78 is 13.8. The lowest BCUT2D eigenvalue weighted by Gasteiger charge is -2.35. The Morgan fingerprint density at radius 1 is 1.17 bits per heavy atom. The number of carbonyl (C=O) groups excluding carboxylic acids is 2. The van der Waals surface area contributed by atoms with Crippen LogP contribution in [0.4, 0.5) is 9.18 Å². The Kier molecular flexibility index (Phi) is 5.70. The predicted octanol–water partition coefficient (Wildman–Crippen LogP) is 2.99. The molecule has 1 aromatic carbocycles. The lowest BCUT2D eigenvalue weighted by Crippen LogP contribution is -2.54. The molecule has 1 aliphatic rings. The normalized spacial score (nSPS) is 15.4. The smallest absolute Gasteiger partial charge is 0.317 e. The maximum Gasteiger partial charge on any atom is 0.317 e. The van der Waals surface area contributed by atoms with Gasteiger partial charge in [0.1, 0.15) is 5.82 Å². The number of hydrogen-bond donors (Lipinski definition) is 1. The summed E-state index contributed by atoms with van der Waals surface area (Å²) in [6, 6.07) is 3.80. The molecule has 1 N–H and O–H groups in total. The van der Waals surface area contributed by atoms with E-state index in [0.717, 1.165) is 0 Å². The van der Waals surface area contributed by atoms with Gasteiger partial charge in [0.25, 0.3) is 5.91 Å². The summed E-state index contributed by atoms with van der Waals surface area (Å²) in [5.41, 5.74) is -0.0227. The van der Waals surface area contributed by atoms with Crippen molar-refractivity contribution in [3.63, 3.8) is 0 Å². The van der Waals surface area contributed by atoms with Gasteiger partial charge in [-0.3, -0.25) is 4.79 Å². The monoisotopic (exact) mass is 355 g/mol. The van der Waals surface area contributed by atoms with Gasteiger partial charge in [-0.15, -0.1) is 0 Å². The second-order valence-electron chi connectivity index (χ2n) is 7.12. The number of halogens is 2. The first-order valence-corrected chi connectivity index (χ1v) is 8.32. The van der Waals surface area contributed by atoms with E-state index in [1.165, 1.54) is 18.2 Å². The molecule has 0 aromatic heterocycles. The molecule has 1 aromatic rings. The summed E-state index contributed by atoms with van der Waals surface area (Å²) in [4.78, 5) is 27.8. The Balaban J connectivity index is 1.91. The third-order valence-corrected chi connectivity index (χ3v) is 4.02. The molecule has 3 amide bonds. The number of nitrogens with zero attached hydrogens (tertiary/aromatic N) is 2. The van der Waals surface area contributed by atoms with E-state index in [-0.39, 0.29) is 17.0 Å². The Morgan fingerprint density at radius 3 is 2.33 bits per heavy atom. The predicted molar refractivity (Wildman–Crippen MR) is 91.7 cm³/mol. The second kappa shape index (κ2) is 7.38. The Labute approximate surface area is 146 Å². The fraction of sp³-hybridized carbons (Fsp3) is 0.529. The highest BCUT2D eigenvalue weighted by atomic mass is 35.5. The van der Waals surface area contributed by atoms with Gasteiger partial charge in [-0.1, -0.05) is 32.4 Å². The molecule has 132 valence electrons. The highest BCUT2D eigenvalue weighted by Gasteiger charge is 2.26. The van der Waals surface area contributed by atoms with Crippen molar-refractivity contribution in [2.45, 2.75) is 20.8 Å². The van der Waals surface area contributed by atoms with Gasteiger partial charge < -0.3 is 15.1 Å². The maximum atomic E-state index is 13.8. The molecule has 2 rings (SSSR count). The van der Waals surface area contributed by atoms with Gasteiger partial charge in [0.2, 0.25) is 0 Å². The average Bonchev–Trinajstić information content (AvgIpc) is 2.53. The number of carbonyl (C=O) groups is 2. The molecule has 0 atom stereocenters. The average molecular weight is 356 g/mol. The zero-order chi connectivity index (χ0) is 17.9. The lowest BCUT2D eigenvalue weighted by atomic mass is 9.97. The number of piperazine rings is 1. The number of rotatable bonds is 2. The van der Waals surface area contributed by atoms with Gasteiger partial charge in [-0.2, -0.15) is 0 Å². The topological polar surface area (TPSA) is 52.7 Å². The first-order chi connectivity index (χ1) is 11.2. The van der Waals surface area contributed by atoms with Crippen LogP contribution in [-0.2, 0) is 0 Å². The van der Waals surface area contributed by atoms with Crippen molar-refractivity contribution in [1.29, 1.82) is 0 Å². The van der Waals surface area contributed by atoms with Crippen LogP contribution in [0, 0.1) is 11.2 Å². The van der Waals surface area contributed by atoms with Gasteiger partial charge in [0.15, 0.2) is 0 Å². The van der Waals surface area contributed by atoms with Gasteiger partial charge in [0, 0.05) is 37.7 Å². The molecule has 0 spiro atoms. The fourth-order valence-corrected chi connectivity index (χ4v) is 2.57. The summed E-state index contributed by atoms with van der Waals surface area (Å²) in [5, 5.41) is 3.21. The zero-order valence-electron chi connectivity index (χ0n) is 14.2. The summed E-state index contributed by atoms with van der Waals surface area (Å²) in [6.07, 6.45) is 0. The van der Waals surface area contributed by atoms with Crippen molar-refractivity contribution in [2.75, 3.05) is 32.7 Å². The summed E-state index contributed by atoms with van der Waals surface area (Å²) in [7, 11) is 0. The van der Waals surface area contributed by atoms with Crippen LogP contribution in [0.2, 0.25) is 5.02 Å². The van der Waals surface area contributed by atoms with E-state index in [9.17, 15) is 14.0 Å². The van der Waals surface area contributed by atoms with Crippen LogP contribution in [0.25, 0.3) is 0 Å². The van der Waals surface area contributed by atoms with Crippen molar-refractivity contribution in [3.05, 3.63) is 34.6 Å². The molecular formula is C17H23ClFN3O2. The zero-order valence-corrected chi connectivity index (χ0v) is 15.0. The van der Waals surface area contributed by atoms with Crippen molar-refractivity contribution in [3.8, 4) is 0 Å². The Hall–Kier alpha value is -1.82. The van der Waals surface area contributed by atoms with Crippen molar-refractivity contribution < 1.29 is 14.0 Å². The fourth-order valence-electron chi connectivity index (χ4n) is 2.40. The lowest BCUT2D eigenvalue weighted by molar-refractivity contribution is 0.0659. The van der Waals surface area contributed by atoms with Crippen LogP contribution in [0.1, 0.15) is 31.1 Å². The molecule has 5 nitrogen and oxygen atoms in total. The SMILES string of the molecule is CC(C)(C)CNC(=O)N1CCN(C(=O)c2cc(Cl)ccc2F)CC1. The van der Waals surface area contributed by atoms with Gasteiger partial charge >= 0.3 is 6.03 Å². The first-order valence-electron chi connectivity index (χ1n) is 7.94. The van der Waals surface area contributed by atoms with Gasteiger partial charge in [-0.05, 0) is 23.6 Å². The molecule has 1 fully saturated rings. The molecule has 1 heterocycles. The minimum atomic E-state index is -0.588. The molecule has 0 unspecified atom stereocenters. The maximum absolute atomic E-state index is 13.8. The molecule has 1 aliphatic heterocycles. The van der Waals surface area contributed by atoms with Crippen molar-refractivity contribution >= 4 is 23.5 Å². The van der Waals surface area contributed by atoms with E-state index >= 15 is 0 Å². The Morgan fingerprint density at radius 2 is 1.75 bits per heavy atom. The quantitative estimate of drug-likeness (QED) is 0.886. The van der Waals surface area contributed by atoms with E-state index < -0.39 is 11.7 Å². The summed E-state index contributed by atoms with van der Waals surface area (Å²) in [5.74, 6) is -0.987. The van der Waals surface area contributed by atoms with E-state index in [2.05, 4.69) is 5.32 Å². The largest absolute Gasteiger partial charge is 0.337 e. The van der Waals surface area contributed by atoms with Crippen LogP contribution in [0.3, 0.4) is 0 Å². The van der Waals surface area contributed by atoms with Crippen LogP contribution < -0.4 is 5.32 Å². The minimum absolute atomic E-state index is 0.0115. The van der Waals surface area contributed by atoms with Gasteiger partial charge in [-0.25, -0.2) is 9.18 Å². The number of hydrogen-bond acceptors (Lipinski definition) is 2. The van der Waals surface area contributed by atoms with Crippen LogP contribution >= 0.6 is 11.6 Å². The number of benzene rings is 1. The summed E-state index contributed by atoms with van der Waals surface area (Å²) >= 11 is 5.84. The third-order valence-electron chi connectivity index (χ3n) is 3.78. The second-order valence-corrected chi connectivity index (χ2v) is 7.56. The number of urea groups is 1. The molecule has 24 heavy (non-hydrogen) atoms. The molecule has 0 bridgehead atoms. The standard InChI is InChI=1S/C17H23ClFN3O2/c1-17(2,3)11-20-16(24)22-8-6-21(7-9-22)15(23)13-10-12(18)4-5-14(13)19/h4-5,10H,6-9,11H2,1-3H3,(H,20,24). The first kappa shape index (κ1) is 18.5. The van der Waals surface area contributed by atoms with E-state index in [4.69, 9.17) is 11.6 Å². The Bertz CT molecular complexity index is 623. The summed E-state index contributed by atoms with van der Waals surface area (Å²) in [6.45, 7) is 8.30. The molecule has 0 saturated carbocycles. The van der Waals surface area contributed by atoms with E-state index in [0.29, 0.717) is 37.7 Å². The number of amides is 3. The van der Waals surface area contributed by atoms with Crippen molar-refractivity contribution in [1.82, 2.24) is 15.1 Å². The number of nitrogens with one attached hydrogen (secondary N) is 1. The molecule has 7 heteroatoms. The van der Waals surface area contributed by atoms with Gasteiger partial charge in [0.05, 0.1) is 5.56 Å².